The summed E-state index contributed by atoms with van der Waals surface area (Å²) in [4.78, 5) is 46.3. The zero-order chi connectivity index (χ0) is 30.5. The molecule has 0 bridgehead atoms. The molecular weight excluding hydrogens is 530 g/mol. The molecule has 2 amide bonds. The van der Waals surface area contributed by atoms with Crippen molar-refractivity contribution in [2.24, 2.45) is 0 Å². The number of aliphatic hydroxyl groups is 1. The van der Waals surface area contributed by atoms with E-state index in [0.29, 0.717) is 35.9 Å². The highest BCUT2D eigenvalue weighted by Gasteiger charge is 2.37. The lowest BCUT2D eigenvalue weighted by Gasteiger charge is -2.31. The van der Waals surface area contributed by atoms with Crippen LogP contribution in [0.3, 0.4) is 0 Å². The van der Waals surface area contributed by atoms with Crippen LogP contribution in [0.4, 0.5) is 15.3 Å². The molecule has 11 nitrogen and oxygen atoms in total. The Labute approximate surface area is 241 Å². The Morgan fingerprint density at radius 1 is 1.07 bits per heavy atom. The number of aromatic hydroxyl groups is 1. The van der Waals surface area contributed by atoms with E-state index in [1.165, 1.54) is 0 Å². The molecule has 1 aliphatic heterocycles. The van der Waals surface area contributed by atoms with Gasteiger partial charge < -0.3 is 34.4 Å². The van der Waals surface area contributed by atoms with Crippen molar-refractivity contribution in [2.75, 3.05) is 26.0 Å². The molecule has 11 heteroatoms. The fourth-order valence-electron chi connectivity index (χ4n) is 4.44. The molecule has 224 valence electrons. The van der Waals surface area contributed by atoms with Crippen molar-refractivity contribution >= 4 is 23.8 Å². The van der Waals surface area contributed by atoms with Gasteiger partial charge in [-0.15, -0.1) is 5.06 Å². The number of rotatable bonds is 8. The fraction of sp³-hybridized carbons (Fsp3) is 0.500. The van der Waals surface area contributed by atoms with Crippen molar-refractivity contribution in [1.29, 1.82) is 0 Å². The van der Waals surface area contributed by atoms with Gasteiger partial charge in [0, 0.05) is 18.3 Å². The van der Waals surface area contributed by atoms with Gasteiger partial charge in [-0.25, -0.2) is 9.59 Å². The maximum atomic E-state index is 13.7. The number of hydrogen-bond donors (Lipinski definition) is 1. The fourth-order valence-corrected chi connectivity index (χ4v) is 4.44. The minimum absolute atomic E-state index is 0.0989. The van der Waals surface area contributed by atoms with Gasteiger partial charge in [-0.3, -0.25) is 4.79 Å². The quantitative estimate of drug-likeness (QED) is 0.183. The molecule has 3 N–H and O–H groups in total. The number of hydroxylamine groups is 2. The van der Waals surface area contributed by atoms with Gasteiger partial charge in [0.1, 0.15) is 11.2 Å². The number of ether oxygens (including phenoxy) is 4. The average molecular weight is 573 g/mol. The van der Waals surface area contributed by atoms with Gasteiger partial charge in [-0.05, 0) is 84.2 Å². The summed E-state index contributed by atoms with van der Waals surface area (Å²) in [7, 11) is 1.67. The SMILES string of the molecule is CCOc1cc(C(CCN(OC(=O)OC(C)(C)C)C(=O)OC(C)(C)C)N2Cc3cccc(N)c3C2=O)ccc1[OH+]C. The third kappa shape index (κ3) is 8.18. The van der Waals surface area contributed by atoms with Gasteiger partial charge in [0.05, 0.1) is 24.8 Å². The Morgan fingerprint density at radius 2 is 1.76 bits per heavy atom. The van der Waals surface area contributed by atoms with E-state index in [1.54, 1.807) is 59.6 Å². The number of carbonyl (C=O) groups is 3. The van der Waals surface area contributed by atoms with E-state index in [2.05, 4.69) is 4.74 Å². The van der Waals surface area contributed by atoms with E-state index in [0.717, 1.165) is 16.2 Å². The van der Waals surface area contributed by atoms with Crippen molar-refractivity contribution in [3.05, 3.63) is 53.1 Å². The van der Waals surface area contributed by atoms with Crippen LogP contribution in [0.5, 0.6) is 11.5 Å². The number of amides is 2. The molecule has 2 aromatic rings. The first-order chi connectivity index (χ1) is 19.1. The molecule has 1 unspecified atom stereocenters. The summed E-state index contributed by atoms with van der Waals surface area (Å²) in [5.74, 6) is 0.996. The zero-order valence-electron chi connectivity index (χ0n) is 25.1. The average Bonchev–Trinajstić information content (AvgIpc) is 3.19. The molecular formula is C30H42N3O8+. The second-order valence-electron chi connectivity index (χ2n) is 11.6. The van der Waals surface area contributed by atoms with E-state index in [9.17, 15) is 14.4 Å². The first kappa shape index (κ1) is 31.4. The van der Waals surface area contributed by atoms with Crippen molar-refractivity contribution in [1.82, 2.24) is 9.96 Å². The standard InChI is InChI=1S/C30H41N3O8/c1-9-38-24-17-19(13-14-23(24)37-8)22(32-18-20-11-10-12-21(31)25(20)26(32)34)15-16-33(27(35)39-29(2,3)4)41-28(36)40-30(5,6)7/h10-14,17,22H,9,15-16,18,31H2,1-8H3/p+1. The van der Waals surface area contributed by atoms with Crippen LogP contribution in [0.2, 0.25) is 0 Å². The number of carbonyl (C=O) groups excluding carboxylic acids is 3. The topological polar surface area (TPSA) is 133 Å². The van der Waals surface area contributed by atoms with E-state index in [4.69, 9.17) is 24.8 Å². The van der Waals surface area contributed by atoms with Crippen LogP contribution in [0.25, 0.3) is 0 Å². The van der Waals surface area contributed by atoms with Crippen LogP contribution in [0, 0.1) is 0 Å². The largest absolute Gasteiger partial charge is 0.582 e. The molecule has 2 aromatic carbocycles. The predicted octanol–water partition coefficient (Wildman–Crippen LogP) is 5.73. The lowest BCUT2D eigenvalue weighted by atomic mass is 10.0. The summed E-state index contributed by atoms with van der Waals surface area (Å²) in [6, 6.07) is 10.3. The molecule has 41 heavy (non-hydrogen) atoms. The number of fused-ring (bicyclic) bond motifs is 1. The normalized spacial score (nSPS) is 13.8. The van der Waals surface area contributed by atoms with E-state index in [1.807, 2.05) is 37.3 Å². The highest BCUT2D eigenvalue weighted by atomic mass is 16.8. The molecule has 0 spiro atoms. The molecule has 0 saturated carbocycles. The summed E-state index contributed by atoms with van der Waals surface area (Å²) in [6.45, 7) is 12.7. The maximum absolute atomic E-state index is 13.7. The van der Waals surface area contributed by atoms with E-state index >= 15 is 0 Å². The van der Waals surface area contributed by atoms with Gasteiger partial charge in [0.15, 0.2) is 7.11 Å². The Kier molecular flexibility index (Phi) is 9.62. The van der Waals surface area contributed by atoms with Gasteiger partial charge in [-0.2, -0.15) is 0 Å². The van der Waals surface area contributed by atoms with Gasteiger partial charge >= 0.3 is 12.2 Å². The minimum atomic E-state index is -1.05. The summed E-state index contributed by atoms with van der Waals surface area (Å²) in [6.07, 6.45) is -1.72. The first-order valence-corrected chi connectivity index (χ1v) is 13.6. The third-order valence-electron chi connectivity index (χ3n) is 6.06. The number of nitrogens with two attached hydrogens (primary N) is 1. The molecule has 0 radical (unpaired) electrons. The van der Waals surface area contributed by atoms with E-state index in [-0.39, 0.29) is 18.9 Å². The first-order valence-electron chi connectivity index (χ1n) is 13.6. The summed E-state index contributed by atoms with van der Waals surface area (Å²) in [5.41, 5.74) is 6.89. The van der Waals surface area contributed by atoms with Crippen LogP contribution in [-0.2, 0) is 20.9 Å². The number of hydrogen-bond acceptors (Lipinski definition) is 8. The minimum Gasteiger partial charge on any atom is -0.582 e. The van der Waals surface area contributed by atoms with Crippen molar-refractivity contribution in [3.8, 4) is 11.5 Å². The second kappa shape index (κ2) is 12.6. The third-order valence-corrected chi connectivity index (χ3v) is 6.06. The Morgan fingerprint density at radius 3 is 2.34 bits per heavy atom. The Balaban J connectivity index is 1.98. The highest BCUT2D eigenvalue weighted by Crippen LogP contribution is 2.39. The predicted molar refractivity (Wildman–Crippen MR) is 154 cm³/mol. The van der Waals surface area contributed by atoms with Gasteiger partial charge in [-0.1, -0.05) is 12.1 Å². The smallest absolute Gasteiger partial charge is 0.534 e. The van der Waals surface area contributed by atoms with Crippen LogP contribution < -0.4 is 10.5 Å². The Hall–Kier alpha value is -4.15. The molecule has 0 aliphatic carbocycles. The van der Waals surface area contributed by atoms with Crippen molar-refractivity contribution in [3.63, 3.8) is 0 Å². The highest BCUT2D eigenvalue weighted by molar-refractivity contribution is 6.03. The second-order valence-corrected chi connectivity index (χ2v) is 11.6. The molecule has 0 saturated heterocycles. The molecule has 1 atom stereocenters. The number of nitrogen functional groups attached to an aromatic ring is 1. The van der Waals surface area contributed by atoms with Crippen molar-refractivity contribution < 1.29 is 38.2 Å². The molecule has 0 fully saturated rings. The summed E-state index contributed by atoms with van der Waals surface area (Å²) >= 11 is 0. The van der Waals surface area contributed by atoms with Crippen LogP contribution in [0.15, 0.2) is 36.4 Å². The summed E-state index contributed by atoms with van der Waals surface area (Å²) < 4.78 is 20.8. The number of benzene rings is 2. The van der Waals surface area contributed by atoms with Crippen molar-refractivity contribution in [2.45, 2.75) is 78.7 Å². The van der Waals surface area contributed by atoms with Gasteiger partial charge in [0.25, 0.3) is 11.7 Å². The lowest BCUT2D eigenvalue weighted by molar-refractivity contribution is -0.137. The summed E-state index contributed by atoms with van der Waals surface area (Å²) in [5, 5.41) is 0.827. The molecule has 0 aromatic heterocycles. The van der Waals surface area contributed by atoms with Crippen LogP contribution >= 0.6 is 0 Å². The zero-order valence-corrected chi connectivity index (χ0v) is 25.1. The lowest BCUT2D eigenvalue weighted by Crippen LogP contribution is -2.41. The monoisotopic (exact) mass is 572 g/mol. The van der Waals surface area contributed by atoms with Crippen LogP contribution in [0.1, 0.15) is 82.4 Å². The Bertz CT molecular complexity index is 1270. The molecule has 1 heterocycles. The molecule has 1 aliphatic rings. The number of anilines is 1. The molecule has 3 rings (SSSR count). The maximum Gasteiger partial charge on any atom is 0.534 e. The van der Waals surface area contributed by atoms with Crippen LogP contribution in [-0.4, -0.2) is 64.3 Å². The van der Waals surface area contributed by atoms with Gasteiger partial charge in [0.2, 0.25) is 5.75 Å². The van der Waals surface area contributed by atoms with E-state index < -0.39 is 29.5 Å². The number of nitrogens with zero attached hydrogens (tertiary/aromatic N) is 2.